The number of pyridine rings is 1. The number of rotatable bonds is 10. The number of hydrogen-bond acceptors (Lipinski definition) is 7. The van der Waals surface area contributed by atoms with Gasteiger partial charge in [-0.05, 0) is 61.5 Å². The summed E-state index contributed by atoms with van der Waals surface area (Å²) in [6.07, 6.45) is 1.66. The molecule has 0 bridgehead atoms. The van der Waals surface area contributed by atoms with E-state index in [2.05, 4.69) is 20.3 Å². The monoisotopic (exact) mass is 521 g/mol. The third kappa shape index (κ3) is 6.83. The van der Waals surface area contributed by atoms with Gasteiger partial charge in [0.25, 0.3) is 5.91 Å². The van der Waals surface area contributed by atoms with Crippen molar-refractivity contribution in [1.82, 2.24) is 15.0 Å². The molecule has 0 aliphatic carbocycles. The number of H-pyrrole nitrogens is 1. The van der Waals surface area contributed by atoms with E-state index in [1.807, 2.05) is 12.1 Å². The summed E-state index contributed by atoms with van der Waals surface area (Å²) in [7, 11) is 0. The molecule has 0 unspecified atom stereocenters. The zero-order valence-electron chi connectivity index (χ0n) is 20.2. The van der Waals surface area contributed by atoms with Gasteiger partial charge in [-0.2, -0.15) is 0 Å². The summed E-state index contributed by atoms with van der Waals surface area (Å²) in [6.45, 7) is 2.62. The average Bonchev–Trinajstić information content (AvgIpc) is 3.31. The van der Waals surface area contributed by atoms with E-state index in [0.717, 1.165) is 16.7 Å². The summed E-state index contributed by atoms with van der Waals surface area (Å²) in [5, 5.41) is 10.7. The van der Waals surface area contributed by atoms with Gasteiger partial charge < -0.3 is 20.8 Å². The number of nitrogens with one attached hydrogen (secondary N) is 3. The van der Waals surface area contributed by atoms with Crippen LogP contribution >= 0.6 is 12.4 Å². The maximum Gasteiger partial charge on any atom is 0.307 e. The molecule has 1 amide bonds. The molecule has 11 heteroatoms. The molecule has 37 heavy (non-hydrogen) atoms. The van der Waals surface area contributed by atoms with Gasteiger partial charge in [0, 0.05) is 29.6 Å². The first-order chi connectivity index (χ1) is 17.4. The van der Waals surface area contributed by atoms with E-state index in [0.29, 0.717) is 29.3 Å². The van der Waals surface area contributed by atoms with E-state index in [1.54, 1.807) is 61.7 Å². The molecule has 0 radical (unpaired) electrons. The van der Waals surface area contributed by atoms with Gasteiger partial charge in [0.2, 0.25) is 0 Å². The Hall–Kier alpha value is -4.44. The molecule has 0 aliphatic heterocycles. The van der Waals surface area contributed by atoms with Gasteiger partial charge in [-0.1, -0.05) is 6.07 Å². The number of nitrogens with zero attached hydrogens (tertiary/aromatic N) is 3. The molecular weight excluding hydrogens is 494 g/mol. The highest BCUT2D eigenvalue weighted by Gasteiger charge is 2.21. The highest BCUT2D eigenvalue weighted by atomic mass is 35.5. The number of anilines is 2. The minimum atomic E-state index is -0.372. The fourth-order valence-corrected chi connectivity index (χ4v) is 3.66. The molecule has 0 saturated carbocycles. The van der Waals surface area contributed by atoms with Crippen LogP contribution < -0.4 is 16.0 Å². The Bertz CT molecular complexity index is 1370. The summed E-state index contributed by atoms with van der Waals surface area (Å²) in [4.78, 5) is 38.9. The topological polar surface area (TPSA) is 150 Å². The molecule has 2 aromatic carbocycles. The van der Waals surface area contributed by atoms with Crippen LogP contribution in [0, 0.1) is 5.41 Å². The second-order valence-electron chi connectivity index (χ2n) is 7.96. The number of hydrogen-bond donors (Lipinski definition) is 4. The lowest BCUT2D eigenvalue weighted by molar-refractivity contribution is -0.142. The summed E-state index contributed by atoms with van der Waals surface area (Å²) in [5.74, 6) is 0.529. The first-order valence-electron chi connectivity index (χ1n) is 11.5. The highest BCUT2D eigenvalue weighted by molar-refractivity contribution is 6.07. The summed E-state index contributed by atoms with van der Waals surface area (Å²) >= 11 is 0. The Kier molecular flexibility index (Phi) is 9.17. The minimum absolute atomic E-state index is 0. The van der Waals surface area contributed by atoms with E-state index < -0.39 is 0 Å². The molecule has 2 aromatic heterocycles. The van der Waals surface area contributed by atoms with Crippen LogP contribution in [-0.2, 0) is 16.1 Å². The van der Waals surface area contributed by atoms with Gasteiger partial charge >= 0.3 is 5.97 Å². The predicted molar refractivity (Wildman–Crippen MR) is 145 cm³/mol. The van der Waals surface area contributed by atoms with Crippen molar-refractivity contribution in [2.75, 3.05) is 23.4 Å². The molecule has 4 aromatic rings. The molecule has 2 heterocycles. The SMILES string of the molecule is CCOC(=O)CCN(C(=O)c1ccc2nc(CNc3ccc(C(=N)N)cc3)[nH]c2c1)c1ccccn1.Cl. The lowest BCUT2D eigenvalue weighted by Gasteiger charge is -2.21. The van der Waals surface area contributed by atoms with E-state index in [4.69, 9.17) is 15.9 Å². The van der Waals surface area contributed by atoms with Crippen LogP contribution in [0.5, 0.6) is 0 Å². The molecule has 4 rings (SSSR count). The molecule has 10 nitrogen and oxygen atoms in total. The maximum atomic E-state index is 13.4. The Labute approximate surface area is 220 Å². The van der Waals surface area contributed by atoms with Crippen molar-refractivity contribution in [1.29, 1.82) is 5.41 Å². The third-order valence-corrected chi connectivity index (χ3v) is 5.45. The standard InChI is InChI=1S/C26H27N7O3.ClH/c1-2-36-24(34)12-14-33(23-5-3-4-13-29-23)26(35)18-8-11-20-21(15-18)32-22(31-20)16-30-19-9-6-17(7-10-19)25(27)28;/h3-11,13,15,30H,2,12,14,16H2,1H3,(H3,27,28)(H,31,32);1H. The van der Waals surface area contributed by atoms with Crippen molar-refractivity contribution < 1.29 is 14.3 Å². The van der Waals surface area contributed by atoms with Crippen LogP contribution in [0.25, 0.3) is 11.0 Å². The zero-order valence-corrected chi connectivity index (χ0v) is 21.0. The van der Waals surface area contributed by atoms with Gasteiger partial charge in [-0.15, -0.1) is 12.4 Å². The van der Waals surface area contributed by atoms with Gasteiger partial charge in [0.05, 0.1) is 30.6 Å². The number of imidazole rings is 1. The minimum Gasteiger partial charge on any atom is -0.466 e. The molecule has 0 saturated heterocycles. The normalized spacial score (nSPS) is 10.4. The highest BCUT2D eigenvalue weighted by Crippen LogP contribution is 2.20. The largest absolute Gasteiger partial charge is 0.466 e. The predicted octanol–water partition coefficient (Wildman–Crippen LogP) is 3.88. The van der Waals surface area contributed by atoms with Gasteiger partial charge in [0.15, 0.2) is 0 Å². The molecule has 0 spiro atoms. The molecule has 0 fully saturated rings. The first kappa shape index (κ1) is 27.2. The zero-order chi connectivity index (χ0) is 25.5. The fraction of sp³-hybridized carbons (Fsp3) is 0.192. The number of carbonyl (C=O) groups is 2. The van der Waals surface area contributed by atoms with Gasteiger partial charge in [-0.3, -0.25) is 19.9 Å². The molecule has 5 N–H and O–H groups in total. The molecule has 0 aliphatic rings. The van der Waals surface area contributed by atoms with Gasteiger partial charge in [0.1, 0.15) is 17.5 Å². The van der Waals surface area contributed by atoms with Gasteiger partial charge in [-0.25, -0.2) is 9.97 Å². The quantitative estimate of drug-likeness (QED) is 0.140. The number of aromatic amines is 1. The number of amidine groups is 1. The van der Waals surface area contributed by atoms with Crippen molar-refractivity contribution in [3.8, 4) is 0 Å². The van der Waals surface area contributed by atoms with Crippen molar-refractivity contribution in [2.45, 2.75) is 19.9 Å². The smallest absolute Gasteiger partial charge is 0.307 e. The summed E-state index contributed by atoms with van der Waals surface area (Å²) in [6, 6.07) is 17.8. The maximum absolute atomic E-state index is 13.4. The molecule has 0 atom stereocenters. The molecular formula is C26H28ClN7O3. The Morgan fingerprint density at radius 2 is 1.86 bits per heavy atom. The first-order valence-corrected chi connectivity index (χ1v) is 11.5. The van der Waals surface area contributed by atoms with E-state index in [1.165, 1.54) is 4.90 Å². The lowest BCUT2D eigenvalue weighted by Crippen LogP contribution is -2.34. The fourth-order valence-electron chi connectivity index (χ4n) is 3.66. The van der Waals surface area contributed by atoms with Crippen LogP contribution in [0.2, 0.25) is 0 Å². The van der Waals surface area contributed by atoms with Crippen molar-refractivity contribution in [2.24, 2.45) is 5.73 Å². The Balaban J connectivity index is 0.00000380. The average molecular weight is 522 g/mol. The number of ether oxygens (including phenoxy) is 1. The number of carbonyl (C=O) groups excluding carboxylic acids is 2. The van der Waals surface area contributed by atoms with Crippen LogP contribution in [-0.4, -0.2) is 45.8 Å². The number of fused-ring (bicyclic) bond motifs is 1. The number of esters is 1. The number of nitrogen functional groups attached to an aromatic ring is 1. The number of nitrogens with two attached hydrogens (primary N) is 1. The van der Waals surface area contributed by atoms with E-state index in [9.17, 15) is 9.59 Å². The number of amides is 1. The van der Waals surface area contributed by atoms with E-state index >= 15 is 0 Å². The number of benzene rings is 2. The third-order valence-electron chi connectivity index (χ3n) is 5.45. The number of halogens is 1. The lowest BCUT2D eigenvalue weighted by atomic mass is 10.1. The summed E-state index contributed by atoms with van der Waals surface area (Å²) in [5.41, 5.74) is 8.91. The summed E-state index contributed by atoms with van der Waals surface area (Å²) < 4.78 is 5.01. The van der Waals surface area contributed by atoms with Crippen LogP contribution in [0.3, 0.4) is 0 Å². The molecule has 192 valence electrons. The Morgan fingerprint density at radius 3 is 2.54 bits per heavy atom. The Morgan fingerprint density at radius 1 is 1.11 bits per heavy atom. The number of aromatic nitrogens is 3. The van der Waals surface area contributed by atoms with Crippen LogP contribution in [0.4, 0.5) is 11.5 Å². The van der Waals surface area contributed by atoms with Crippen molar-refractivity contribution in [3.05, 3.63) is 83.8 Å². The van der Waals surface area contributed by atoms with Crippen LogP contribution in [0.15, 0.2) is 66.9 Å². The second-order valence-corrected chi connectivity index (χ2v) is 7.96. The van der Waals surface area contributed by atoms with Crippen molar-refractivity contribution in [3.63, 3.8) is 0 Å². The second kappa shape index (κ2) is 12.5. The van der Waals surface area contributed by atoms with E-state index in [-0.39, 0.29) is 49.7 Å². The van der Waals surface area contributed by atoms with Crippen molar-refractivity contribution >= 4 is 52.7 Å². The van der Waals surface area contributed by atoms with Crippen LogP contribution in [0.1, 0.15) is 35.1 Å².